The third kappa shape index (κ3) is 4.55. The van der Waals surface area contributed by atoms with Gasteiger partial charge in [-0.3, -0.25) is 9.69 Å². The number of amides is 1. The first-order valence-corrected chi connectivity index (χ1v) is 10.7. The molecule has 1 amide bonds. The molecule has 2 aliphatic heterocycles. The number of alkyl halides is 3. The molecule has 172 valence electrons. The maximum absolute atomic E-state index is 13.1. The van der Waals surface area contributed by atoms with Crippen LogP contribution < -0.4 is 9.47 Å². The first-order valence-electron chi connectivity index (χ1n) is 10.7. The fraction of sp³-hybridized carbons (Fsp3) is 0.458. The lowest BCUT2D eigenvalue weighted by molar-refractivity contribution is -0.137. The quantitative estimate of drug-likeness (QED) is 0.678. The summed E-state index contributed by atoms with van der Waals surface area (Å²) in [5.74, 6) is 1.49. The number of likely N-dealkylation sites (tertiary alicyclic amines) is 2. The Labute approximate surface area is 185 Å². The van der Waals surface area contributed by atoms with E-state index in [2.05, 4.69) is 4.90 Å². The van der Waals surface area contributed by atoms with Gasteiger partial charge in [-0.2, -0.15) is 13.2 Å². The van der Waals surface area contributed by atoms with E-state index >= 15 is 0 Å². The molecular formula is C24H27F3N2O3. The lowest BCUT2D eigenvalue weighted by Gasteiger charge is -2.37. The van der Waals surface area contributed by atoms with Crippen LogP contribution in [0.4, 0.5) is 13.2 Å². The van der Waals surface area contributed by atoms with Crippen LogP contribution in [0.2, 0.25) is 0 Å². The van der Waals surface area contributed by atoms with Crippen molar-refractivity contribution < 1.29 is 27.4 Å². The number of benzene rings is 2. The van der Waals surface area contributed by atoms with E-state index in [0.717, 1.165) is 48.6 Å². The van der Waals surface area contributed by atoms with Gasteiger partial charge in [-0.15, -0.1) is 0 Å². The zero-order valence-corrected chi connectivity index (χ0v) is 18.2. The number of piperidine rings is 1. The van der Waals surface area contributed by atoms with Gasteiger partial charge in [0.15, 0.2) is 0 Å². The molecule has 2 aromatic rings. The van der Waals surface area contributed by atoms with Crippen molar-refractivity contribution in [3.63, 3.8) is 0 Å². The summed E-state index contributed by atoms with van der Waals surface area (Å²) in [5.41, 5.74) is 0.293. The number of methoxy groups -OCH3 is 2. The van der Waals surface area contributed by atoms with E-state index in [4.69, 9.17) is 9.47 Å². The summed E-state index contributed by atoms with van der Waals surface area (Å²) >= 11 is 0. The number of nitrogens with zero attached hydrogens (tertiary/aromatic N) is 2. The van der Waals surface area contributed by atoms with E-state index in [1.165, 1.54) is 12.1 Å². The zero-order chi connectivity index (χ0) is 22.9. The van der Waals surface area contributed by atoms with Crippen LogP contribution in [0.3, 0.4) is 0 Å². The molecule has 2 aliphatic rings. The second-order valence-corrected chi connectivity index (χ2v) is 8.41. The second kappa shape index (κ2) is 9.02. The molecule has 0 radical (unpaired) electrons. The smallest absolute Gasteiger partial charge is 0.416 e. The SMILES string of the molecule is COc1ccc(OC)c(CN2CCC[C@@H]3CN(C(=O)c4cccc(C(F)(F)F)c4)C[C@@H]32)c1. The van der Waals surface area contributed by atoms with Crippen LogP contribution in [-0.2, 0) is 12.7 Å². The normalized spacial score (nSPS) is 21.3. The largest absolute Gasteiger partial charge is 0.497 e. The van der Waals surface area contributed by atoms with Gasteiger partial charge >= 0.3 is 6.18 Å². The average molecular weight is 448 g/mol. The molecule has 0 N–H and O–H groups in total. The van der Waals surface area contributed by atoms with E-state index in [-0.39, 0.29) is 17.5 Å². The van der Waals surface area contributed by atoms with Crippen LogP contribution in [0.1, 0.15) is 34.3 Å². The Bertz CT molecular complexity index is 979. The summed E-state index contributed by atoms with van der Waals surface area (Å²) in [6, 6.07) is 10.5. The Morgan fingerprint density at radius 2 is 1.91 bits per heavy atom. The third-order valence-electron chi connectivity index (χ3n) is 6.48. The highest BCUT2D eigenvalue weighted by Crippen LogP contribution is 2.35. The zero-order valence-electron chi connectivity index (χ0n) is 18.2. The Hall–Kier alpha value is -2.74. The third-order valence-corrected chi connectivity index (χ3v) is 6.48. The molecule has 2 saturated heterocycles. The van der Waals surface area contributed by atoms with Crippen molar-refractivity contribution in [1.29, 1.82) is 0 Å². The first-order chi connectivity index (χ1) is 15.3. The number of fused-ring (bicyclic) bond motifs is 1. The maximum Gasteiger partial charge on any atom is 0.416 e. The monoisotopic (exact) mass is 448 g/mol. The highest BCUT2D eigenvalue weighted by Gasteiger charge is 2.41. The lowest BCUT2D eigenvalue weighted by Crippen LogP contribution is -2.44. The van der Waals surface area contributed by atoms with E-state index in [1.54, 1.807) is 19.1 Å². The minimum Gasteiger partial charge on any atom is -0.497 e. The minimum atomic E-state index is -4.47. The molecule has 32 heavy (non-hydrogen) atoms. The van der Waals surface area contributed by atoms with Crippen molar-refractivity contribution in [3.05, 3.63) is 59.2 Å². The van der Waals surface area contributed by atoms with Crippen molar-refractivity contribution in [2.75, 3.05) is 33.9 Å². The summed E-state index contributed by atoms with van der Waals surface area (Å²) in [5, 5.41) is 0. The number of carbonyl (C=O) groups is 1. The number of hydrogen-bond donors (Lipinski definition) is 0. The van der Waals surface area contributed by atoms with Crippen molar-refractivity contribution in [2.45, 2.75) is 31.6 Å². The summed E-state index contributed by atoms with van der Waals surface area (Å²) in [4.78, 5) is 17.1. The van der Waals surface area contributed by atoms with E-state index in [1.807, 2.05) is 18.2 Å². The van der Waals surface area contributed by atoms with Crippen LogP contribution in [-0.4, -0.2) is 55.6 Å². The molecule has 2 aromatic carbocycles. The summed E-state index contributed by atoms with van der Waals surface area (Å²) in [6.07, 6.45) is -2.45. The lowest BCUT2D eigenvalue weighted by atomic mass is 9.91. The number of carbonyl (C=O) groups excluding carboxylic acids is 1. The van der Waals surface area contributed by atoms with Crippen LogP contribution in [0.15, 0.2) is 42.5 Å². The summed E-state index contributed by atoms with van der Waals surface area (Å²) in [7, 11) is 3.26. The van der Waals surface area contributed by atoms with Gasteiger partial charge in [0, 0.05) is 36.8 Å². The Balaban J connectivity index is 1.51. The average Bonchev–Trinajstić information content (AvgIpc) is 3.23. The van der Waals surface area contributed by atoms with Gasteiger partial charge in [-0.05, 0) is 61.7 Å². The maximum atomic E-state index is 13.1. The fourth-order valence-electron chi connectivity index (χ4n) is 4.87. The van der Waals surface area contributed by atoms with Crippen molar-refractivity contribution in [3.8, 4) is 11.5 Å². The molecule has 8 heteroatoms. The molecule has 0 saturated carbocycles. The topological polar surface area (TPSA) is 42.0 Å². The number of rotatable bonds is 5. The van der Waals surface area contributed by atoms with Gasteiger partial charge in [0.25, 0.3) is 5.91 Å². The number of halogens is 3. The van der Waals surface area contributed by atoms with Gasteiger partial charge in [-0.1, -0.05) is 6.07 Å². The number of ether oxygens (including phenoxy) is 2. The Morgan fingerprint density at radius 3 is 2.62 bits per heavy atom. The molecule has 2 atom stereocenters. The van der Waals surface area contributed by atoms with Crippen molar-refractivity contribution in [1.82, 2.24) is 9.80 Å². The molecule has 5 nitrogen and oxygen atoms in total. The molecular weight excluding hydrogens is 421 g/mol. The molecule has 0 unspecified atom stereocenters. The van der Waals surface area contributed by atoms with Gasteiger partial charge in [0.1, 0.15) is 11.5 Å². The minimum absolute atomic E-state index is 0.0829. The fourth-order valence-corrected chi connectivity index (χ4v) is 4.87. The van der Waals surface area contributed by atoms with Gasteiger partial charge < -0.3 is 14.4 Å². The van der Waals surface area contributed by atoms with Crippen LogP contribution in [0, 0.1) is 5.92 Å². The summed E-state index contributed by atoms with van der Waals surface area (Å²) < 4.78 is 50.1. The Morgan fingerprint density at radius 1 is 1.09 bits per heavy atom. The molecule has 0 bridgehead atoms. The van der Waals surface area contributed by atoms with Crippen molar-refractivity contribution >= 4 is 5.91 Å². The summed E-state index contributed by atoms with van der Waals surface area (Å²) in [6.45, 7) is 2.62. The second-order valence-electron chi connectivity index (χ2n) is 8.41. The van der Waals surface area contributed by atoms with E-state index in [9.17, 15) is 18.0 Å². The molecule has 2 fully saturated rings. The van der Waals surface area contributed by atoms with Gasteiger partial charge in [-0.25, -0.2) is 0 Å². The predicted molar refractivity (Wildman–Crippen MR) is 114 cm³/mol. The van der Waals surface area contributed by atoms with E-state index < -0.39 is 11.7 Å². The number of hydrogen-bond acceptors (Lipinski definition) is 4. The van der Waals surface area contributed by atoms with Crippen molar-refractivity contribution in [2.24, 2.45) is 5.92 Å². The molecule has 0 aliphatic carbocycles. The Kier molecular flexibility index (Phi) is 6.33. The molecule has 0 aromatic heterocycles. The molecule has 0 spiro atoms. The van der Waals surface area contributed by atoms with Gasteiger partial charge in [0.2, 0.25) is 0 Å². The molecule has 4 rings (SSSR count). The predicted octanol–water partition coefficient (Wildman–Crippen LogP) is 4.46. The standard InChI is InChI=1S/C24H27F3N2O3/c1-31-20-8-9-22(32-2)18(12-20)14-28-10-4-6-17-13-29(15-21(17)28)23(30)16-5-3-7-19(11-16)24(25,26)27/h3,5,7-9,11-12,17,21H,4,6,10,13-15H2,1-2H3/t17-,21+/m1/s1. The van der Waals surface area contributed by atoms with Gasteiger partial charge in [0.05, 0.1) is 19.8 Å². The first kappa shape index (κ1) is 22.5. The van der Waals surface area contributed by atoms with Crippen LogP contribution >= 0.6 is 0 Å². The highest BCUT2D eigenvalue weighted by atomic mass is 19.4. The van der Waals surface area contributed by atoms with E-state index in [0.29, 0.717) is 25.6 Å². The van der Waals surface area contributed by atoms with Crippen LogP contribution in [0.25, 0.3) is 0 Å². The van der Waals surface area contributed by atoms with Crippen LogP contribution in [0.5, 0.6) is 11.5 Å². The molecule has 2 heterocycles. The highest BCUT2D eigenvalue weighted by molar-refractivity contribution is 5.94.